The van der Waals surface area contributed by atoms with Crippen molar-refractivity contribution in [2.45, 2.75) is 35.1 Å². The summed E-state index contributed by atoms with van der Waals surface area (Å²) < 4.78 is 11.3. The van der Waals surface area contributed by atoms with Crippen LogP contribution in [0.2, 0.25) is 0 Å². The predicted octanol–water partition coefficient (Wildman–Crippen LogP) is 3.10. The molecule has 0 saturated carbocycles. The summed E-state index contributed by atoms with van der Waals surface area (Å²) in [6.07, 6.45) is 0.716. The van der Waals surface area contributed by atoms with Crippen LogP contribution in [0.3, 0.4) is 0 Å². The number of hydrogen-bond donors (Lipinski definition) is 1. The number of likely N-dealkylation sites (N-methyl/N-ethyl adjacent to an activating group) is 1. The molecule has 0 aliphatic carbocycles. The van der Waals surface area contributed by atoms with Gasteiger partial charge in [-0.1, -0.05) is 24.3 Å². The Morgan fingerprint density at radius 1 is 1.18 bits per heavy atom. The number of thioether (sulfide) groups is 1. The first kappa shape index (κ1) is 23.6. The smallest absolute Gasteiger partial charge is 0.323 e. The van der Waals surface area contributed by atoms with Crippen molar-refractivity contribution >= 4 is 29.3 Å². The summed E-state index contributed by atoms with van der Waals surface area (Å²) in [6, 6.07) is 15.2. The predicted molar refractivity (Wildman–Crippen MR) is 130 cm³/mol. The number of amides is 1. The highest BCUT2D eigenvalue weighted by Gasteiger charge is 2.42. The van der Waals surface area contributed by atoms with E-state index in [-0.39, 0.29) is 23.2 Å². The van der Waals surface area contributed by atoms with Gasteiger partial charge in [-0.05, 0) is 63.3 Å². The zero-order valence-corrected chi connectivity index (χ0v) is 20.1. The lowest BCUT2D eigenvalue weighted by Crippen LogP contribution is -2.47. The third kappa shape index (κ3) is 5.34. The van der Waals surface area contributed by atoms with Gasteiger partial charge in [-0.2, -0.15) is 0 Å². The SMILES string of the molecule is COc1ccc(C2Sc3ccccc3N(CCN(C)C)C(=O)C2OC(=O)C2CCCN2)cc1. The summed E-state index contributed by atoms with van der Waals surface area (Å²) in [5, 5.41) is 2.81. The molecule has 2 aliphatic rings. The quantitative estimate of drug-likeness (QED) is 0.625. The number of hydrogen-bond acceptors (Lipinski definition) is 7. The van der Waals surface area contributed by atoms with Gasteiger partial charge < -0.3 is 24.6 Å². The van der Waals surface area contributed by atoms with E-state index < -0.39 is 6.10 Å². The molecule has 1 amide bonds. The maximum absolute atomic E-state index is 13.9. The molecule has 2 aromatic rings. The molecule has 2 aliphatic heterocycles. The van der Waals surface area contributed by atoms with Crippen molar-refractivity contribution in [3.8, 4) is 5.75 Å². The number of benzene rings is 2. The van der Waals surface area contributed by atoms with Crippen LogP contribution in [0, 0.1) is 0 Å². The van der Waals surface area contributed by atoms with E-state index in [4.69, 9.17) is 9.47 Å². The van der Waals surface area contributed by atoms with Crippen molar-refractivity contribution in [3.05, 3.63) is 54.1 Å². The number of anilines is 1. The van der Waals surface area contributed by atoms with Crippen molar-refractivity contribution in [2.24, 2.45) is 0 Å². The Morgan fingerprint density at radius 2 is 1.94 bits per heavy atom. The van der Waals surface area contributed by atoms with Gasteiger partial charge >= 0.3 is 5.97 Å². The van der Waals surface area contributed by atoms with Gasteiger partial charge in [-0.3, -0.25) is 9.59 Å². The fourth-order valence-electron chi connectivity index (χ4n) is 4.15. The third-order valence-corrected chi connectivity index (χ3v) is 7.37. The average molecular weight is 470 g/mol. The number of carbonyl (C=O) groups excluding carboxylic acids is 2. The zero-order chi connectivity index (χ0) is 23.4. The Labute approximate surface area is 199 Å². The standard InChI is InChI=1S/C25H31N3O4S/c1-27(2)15-16-28-20-8-4-5-9-21(20)33-23(17-10-12-18(31-3)13-11-17)22(24(28)29)32-25(30)19-7-6-14-26-19/h4-5,8-13,19,22-23,26H,6-7,14-16H2,1-3H3. The largest absolute Gasteiger partial charge is 0.497 e. The van der Waals surface area contributed by atoms with Gasteiger partial charge in [0.1, 0.15) is 11.8 Å². The van der Waals surface area contributed by atoms with Crippen LogP contribution in [0.25, 0.3) is 0 Å². The van der Waals surface area contributed by atoms with E-state index >= 15 is 0 Å². The highest BCUT2D eigenvalue weighted by Crippen LogP contribution is 2.47. The van der Waals surface area contributed by atoms with E-state index in [9.17, 15) is 9.59 Å². The summed E-state index contributed by atoms with van der Waals surface area (Å²) in [4.78, 5) is 31.7. The Kier molecular flexibility index (Phi) is 7.57. The zero-order valence-electron chi connectivity index (χ0n) is 19.3. The minimum Gasteiger partial charge on any atom is -0.497 e. The van der Waals surface area contributed by atoms with E-state index in [1.165, 1.54) is 0 Å². The van der Waals surface area contributed by atoms with Crippen LogP contribution in [0.1, 0.15) is 23.7 Å². The minimum absolute atomic E-state index is 0.193. The molecule has 2 heterocycles. The molecule has 7 nitrogen and oxygen atoms in total. The number of para-hydroxylation sites is 1. The summed E-state index contributed by atoms with van der Waals surface area (Å²) >= 11 is 1.56. The van der Waals surface area contributed by atoms with Gasteiger partial charge in [0.05, 0.1) is 18.0 Å². The van der Waals surface area contributed by atoms with E-state index in [2.05, 4.69) is 5.32 Å². The first-order chi connectivity index (χ1) is 16.0. The van der Waals surface area contributed by atoms with Gasteiger partial charge in [-0.15, -0.1) is 11.8 Å². The maximum Gasteiger partial charge on any atom is 0.323 e. The summed E-state index contributed by atoms with van der Waals surface area (Å²) in [5.41, 5.74) is 1.76. The van der Waals surface area contributed by atoms with Crippen molar-refractivity contribution in [2.75, 3.05) is 45.7 Å². The van der Waals surface area contributed by atoms with Crippen LogP contribution >= 0.6 is 11.8 Å². The van der Waals surface area contributed by atoms with E-state index in [1.54, 1.807) is 23.8 Å². The lowest BCUT2D eigenvalue weighted by Gasteiger charge is -2.29. The number of esters is 1. The Morgan fingerprint density at radius 3 is 2.61 bits per heavy atom. The van der Waals surface area contributed by atoms with Crippen molar-refractivity contribution in [1.82, 2.24) is 10.2 Å². The second-order valence-corrected chi connectivity index (χ2v) is 9.76. The van der Waals surface area contributed by atoms with Gasteiger partial charge in [0, 0.05) is 18.0 Å². The summed E-state index contributed by atoms with van der Waals surface area (Å²) in [7, 11) is 5.58. The van der Waals surface area contributed by atoms with Crippen LogP contribution < -0.4 is 15.0 Å². The number of nitrogens with one attached hydrogen (secondary N) is 1. The molecular formula is C25H31N3O4S. The molecule has 0 radical (unpaired) electrons. The minimum atomic E-state index is -0.937. The number of fused-ring (bicyclic) bond motifs is 1. The van der Waals surface area contributed by atoms with Crippen LogP contribution in [-0.4, -0.2) is 69.8 Å². The molecule has 1 fully saturated rings. The number of ether oxygens (including phenoxy) is 2. The first-order valence-electron chi connectivity index (χ1n) is 11.3. The number of carbonyl (C=O) groups is 2. The second kappa shape index (κ2) is 10.6. The van der Waals surface area contributed by atoms with Gasteiger partial charge in [0.2, 0.25) is 0 Å². The number of rotatable bonds is 7. The van der Waals surface area contributed by atoms with E-state index in [1.807, 2.05) is 67.5 Å². The molecule has 33 heavy (non-hydrogen) atoms. The van der Waals surface area contributed by atoms with Gasteiger partial charge in [-0.25, -0.2) is 0 Å². The van der Waals surface area contributed by atoms with Crippen molar-refractivity contribution < 1.29 is 19.1 Å². The molecule has 3 unspecified atom stereocenters. The molecule has 8 heteroatoms. The average Bonchev–Trinajstić information content (AvgIpc) is 3.34. The molecule has 0 spiro atoms. The monoisotopic (exact) mass is 469 g/mol. The molecule has 1 saturated heterocycles. The van der Waals surface area contributed by atoms with Crippen molar-refractivity contribution in [1.29, 1.82) is 0 Å². The van der Waals surface area contributed by atoms with Gasteiger partial charge in [0.25, 0.3) is 5.91 Å². The summed E-state index contributed by atoms with van der Waals surface area (Å²) in [5.74, 6) is 0.186. The Bertz CT molecular complexity index is 976. The first-order valence-corrected chi connectivity index (χ1v) is 12.2. The molecule has 1 N–H and O–H groups in total. The maximum atomic E-state index is 13.9. The number of nitrogens with zero attached hydrogens (tertiary/aromatic N) is 2. The van der Waals surface area contributed by atoms with Gasteiger partial charge in [0.15, 0.2) is 6.10 Å². The molecule has 4 rings (SSSR count). The van der Waals surface area contributed by atoms with Crippen LogP contribution in [0.4, 0.5) is 5.69 Å². The molecule has 3 atom stereocenters. The van der Waals surface area contributed by atoms with Crippen LogP contribution in [0.15, 0.2) is 53.4 Å². The lowest BCUT2D eigenvalue weighted by molar-refractivity contribution is -0.156. The fourth-order valence-corrected chi connectivity index (χ4v) is 5.47. The molecular weight excluding hydrogens is 438 g/mol. The van der Waals surface area contributed by atoms with Crippen LogP contribution in [0.5, 0.6) is 5.75 Å². The molecule has 0 bridgehead atoms. The lowest BCUT2D eigenvalue weighted by atomic mass is 10.1. The topological polar surface area (TPSA) is 71.1 Å². The van der Waals surface area contributed by atoms with Crippen LogP contribution in [-0.2, 0) is 14.3 Å². The normalized spacial score (nSPS) is 22.7. The van der Waals surface area contributed by atoms with E-state index in [0.29, 0.717) is 13.1 Å². The highest BCUT2D eigenvalue weighted by molar-refractivity contribution is 7.99. The van der Waals surface area contributed by atoms with E-state index in [0.717, 1.165) is 41.3 Å². The van der Waals surface area contributed by atoms with Crippen molar-refractivity contribution in [3.63, 3.8) is 0 Å². The fraction of sp³-hybridized carbons (Fsp3) is 0.440. The highest BCUT2D eigenvalue weighted by atomic mass is 32.2. The summed E-state index contributed by atoms with van der Waals surface area (Å²) in [6.45, 7) is 1.99. The second-order valence-electron chi connectivity index (χ2n) is 8.58. The third-order valence-electron chi connectivity index (χ3n) is 6.00. The molecule has 176 valence electrons. The number of methoxy groups -OCH3 is 1. The Balaban J connectivity index is 1.73. The Hall–Kier alpha value is -2.55. The molecule has 0 aromatic heterocycles. The molecule has 2 aromatic carbocycles.